The Morgan fingerprint density at radius 1 is 1.09 bits per heavy atom. The van der Waals surface area contributed by atoms with Crippen LogP contribution in [-0.4, -0.2) is 24.9 Å². The molecule has 0 fully saturated rings. The molecule has 2 N–H and O–H groups in total. The summed E-state index contributed by atoms with van der Waals surface area (Å²) in [5.41, 5.74) is 7.73. The predicted molar refractivity (Wildman–Crippen MR) is 143 cm³/mol. The molecule has 184 valence electrons. The van der Waals surface area contributed by atoms with Crippen molar-refractivity contribution in [2.45, 2.75) is 31.1 Å². The predicted octanol–water partition coefficient (Wildman–Crippen LogP) is 7.32. The number of aliphatic imine (C=N–C) groups is 1. The van der Waals surface area contributed by atoms with Gasteiger partial charge in [-0.15, -0.1) is 0 Å². The molecule has 0 spiro atoms. The Bertz CT molecular complexity index is 1240. The van der Waals surface area contributed by atoms with Gasteiger partial charge in [0.2, 0.25) is 0 Å². The van der Waals surface area contributed by atoms with E-state index in [-0.39, 0.29) is 28.3 Å². The third kappa shape index (κ3) is 5.22. The van der Waals surface area contributed by atoms with Crippen LogP contribution in [0.1, 0.15) is 25.0 Å². The number of nitrogens with two attached hydrogens (primary N) is 1. The standard InChI is InChI=1S/C26H25Cl2F2N3OS/c1-26(2,15-4-9-20(27)23(10-15)34-3)24-13-32-25(33(24)18-7-5-16(29)6-8-18)35-14-19-21(28)11-17(31)12-22(19)30/h4-12,24H,13-14,31H2,1-3H3. The first-order valence-electron chi connectivity index (χ1n) is 10.9. The third-order valence-corrected chi connectivity index (χ3v) is 7.93. The minimum absolute atomic E-state index is 0.104. The average Bonchev–Trinajstić information content (AvgIpc) is 3.24. The minimum atomic E-state index is -0.459. The van der Waals surface area contributed by atoms with Crippen molar-refractivity contribution in [3.05, 3.63) is 87.4 Å². The first-order valence-corrected chi connectivity index (χ1v) is 12.7. The van der Waals surface area contributed by atoms with Gasteiger partial charge in [0, 0.05) is 33.1 Å². The van der Waals surface area contributed by atoms with E-state index in [9.17, 15) is 8.78 Å². The smallest absolute Gasteiger partial charge is 0.164 e. The minimum Gasteiger partial charge on any atom is -0.495 e. The number of hydrogen-bond acceptors (Lipinski definition) is 5. The van der Waals surface area contributed by atoms with Crippen LogP contribution in [-0.2, 0) is 11.2 Å². The van der Waals surface area contributed by atoms with Gasteiger partial charge in [-0.1, -0.05) is 54.9 Å². The van der Waals surface area contributed by atoms with Crippen molar-refractivity contribution in [2.75, 3.05) is 24.3 Å². The van der Waals surface area contributed by atoms with Gasteiger partial charge in [0.05, 0.1) is 24.7 Å². The molecule has 0 aliphatic carbocycles. The van der Waals surface area contributed by atoms with Gasteiger partial charge in [-0.3, -0.25) is 4.99 Å². The zero-order chi connectivity index (χ0) is 25.3. The van der Waals surface area contributed by atoms with Crippen molar-refractivity contribution in [3.8, 4) is 5.75 Å². The highest BCUT2D eigenvalue weighted by atomic mass is 35.5. The molecule has 0 aromatic heterocycles. The second-order valence-electron chi connectivity index (χ2n) is 8.81. The summed E-state index contributed by atoms with van der Waals surface area (Å²) in [4.78, 5) is 6.88. The Morgan fingerprint density at radius 2 is 1.80 bits per heavy atom. The Balaban J connectivity index is 1.68. The topological polar surface area (TPSA) is 50.9 Å². The number of ether oxygens (including phenoxy) is 1. The largest absolute Gasteiger partial charge is 0.495 e. The van der Waals surface area contributed by atoms with Crippen LogP contribution >= 0.6 is 35.0 Å². The maximum absolute atomic E-state index is 14.5. The molecule has 4 rings (SSSR count). The maximum Gasteiger partial charge on any atom is 0.164 e. The zero-order valence-corrected chi connectivity index (χ0v) is 21.8. The molecule has 1 heterocycles. The Labute approximate surface area is 218 Å². The van der Waals surface area contributed by atoms with Crippen molar-refractivity contribution in [3.63, 3.8) is 0 Å². The summed E-state index contributed by atoms with van der Waals surface area (Å²) < 4.78 is 33.7. The maximum atomic E-state index is 14.5. The lowest BCUT2D eigenvalue weighted by Gasteiger charge is -2.39. The Morgan fingerprint density at radius 3 is 2.46 bits per heavy atom. The van der Waals surface area contributed by atoms with E-state index in [1.165, 1.54) is 36.0 Å². The lowest BCUT2D eigenvalue weighted by atomic mass is 9.77. The van der Waals surface area contributed by atoms with Gasteiger partial charge in [-0.2, -0.15) is 0 Å². The monoisotopic (exact) mass is 535 g/mol. The van der Waals surface area contributed by atoms with E-state index < -0.39 is 11.2 Å². The van der Waals surface area contributed by atoms with Gasteiger partial charge in [0.25, 0.3) is 0 Å². The van der Waals surface area contributed by atoms with Gasteiger partial charge < -0.3 is 15.4 Å². The number of rotatable bonds is 6. The lowest BCUT2D eigenvalue weighted by Crippen LogP contribution is -2.48. The van der Waals surface area contributed by atoms with E-state index in [4.69, 9.17) is 38.7 Å². The summed E-state index contributed by atoms with van der Waals surface area (Å²) in [6.45, 7) is 4.74. The molecule has 1 unspecified atom stereocenters. The fraction of sp³-hybridized carbons (Fsp3) is 0.269. The van der Waals surface area contributed by atoms with Crippen LogP contribution in [0.25, 0.3) is 0 Å². The van der Waals surface area contributed by atoms with Gasteiger partial charge in [0.1, 0.15) is 17.4 Å². The fourth-order valence-electron chi connectivity index (χ4n) is 4.16. The number of nitrogen functional groups attached to an aromatic ring is 1. The second-order valence-corrected chi connectivity index (χ2v) is 10.6. The summed E-state index contributed by atoms with van der Waals surface area (Å²) in [6.07, 6.45) is 0. The molecule has 0 saturated heterocycles. The third-order valence-electron chi connectivity index (χ3n) is 6.26. The number of methoxy groups -OCH3 is 1. The molecular formula is C26H25Cl2F2N3OS. The van der Waals surface area contributed by atoms with E-state index in [1.54, 1.807) is 19.2 Å². The summed E-state index contributed by atoms with van der Waals surface area (Å²) in [7, 11) is 1.58. The molecule has 0 amide bonds. The van der Waals surface area contributed by atoms with Crippen molar-refractivity contribution in [1.82, 2.24) is 0 Å². The summed E-state index contributed by atoms with van der Waals surface area (Å²) in [6, 6.07) is 14.7. The van der Waals surface area contributed by atoms with E-state index in [2.05, 4.69) is 18.7 Å². The van der Waals surface area contributed by atoms with Crippen LogP contribution in [0.2, 0.25) is 10.0 Å². The number of amidine groups is 1. The molecule has 35 heavy (non-hydrogen) atoms. The van der Waals surface area contributed by atoms with Crippen LogP contribution in [0.5, 0.6) is 5.75 Å². The van der Waals surface area contributed by atoms with Crippen LogP contribution in [0.15, 0.2) is 59.6 Å². The number of hydrogen-bond donors (Lipinski definition) is 1. The van der Waals surface area contributed by atoms with Crippen molar-refractivity contribution < 1.29 is 13.5 Å². The van der Waals surface area contributed by atoms with Gasteiger partial charge >= 0.3 is 0 Å². The summed E-state index contributed by atoms with van der Waals surface area (Å²) >= 11 is 13.9. The Hall–Kier alpha value is -2.48. The van der Waals surface area contributed by atoms with Crippen LogP contribution < -0.4 is 15.4 Å². The number of anilines is 2. The van der Waals surface area contributed by atoms with Crippen molar-refractivity contribution in [2.24, 2.45) is 4.99 Å². The van der Waals surface area contributed by atoms with Gasteiger partial charge in [0.15, 0.2) is 5.17 Å². The number of nitrogens with zero attached hydrogens (tertiary/aromatic N) is 2. The van der Waals surface area contributed by atoms with E-state index in [0.29, 0.717) is 28.0 Å². The quantitative estimate of drug-likeness (QED) is 0.336. The molecule has 1 aliphatic heterocycles. The van der Waals surface area contributed by atoms with Gasteiger partial charge in [-0.05, 0) is 54.1 Å². The zero-order valence-electron chi connectivity index (χ0n) is 19.5. The SMILES string of the molecule is COc1cc(C(C)(C)C2CN=C(SCc3c(F)cc(N)cc3Cl)N2c2ccc(F)cc2)ccc1Cl. The highest BCUT2D eigenvalue weighted by Gasteiger charge is 2.41. The van der Waals surface area contributed by atoms with E-state index in [0.717, 1.165) is 11.3 Å². The molecule has 1 atom stereocenters. The molecular weight excluding hydrogens is 511 g/mol. The molecule has 1 aliphatic rings. The first kappa shape index (κ1) is 25.6. The number of thioether (sulfide) groups is 1. The van der Waals surface area contributed by atoms with Crippen LogP contribution in [0.3, 0.4) is 0 Å². The van der Waals surface area contributed by atoms with E-state index in [1.807, 2.05) is 18.2 Å². The van der Waals surface area contributed by atoms with Crippen LogP contribution in [0.4, 0.5) is 20.2 Å². The molecule has 9 heteroatoms. The second kappa shape index (κ2) is 10.2. The van der Waals surface area contributed by atoms with Crippen LogP contribution in [0, 0.1) is 11.6 Å². The highest BCUT2D eigenvalue weighted by molar-refractivity contribution is 8.13. The average molecular weight is 536 g/mol. The molecule has 0 radical (unpaired) electrons. The number of halogens is 4. The molecule has 0 saturated carbocycles. The number of benzene rings is 3. The summed E-state index contributed by atoms with van der Waals surface area (Å²) in [5, 5.41) is 1.50. The molecule has 4 nitrogen and oxygen atoms in total. The molecule has 3 aromatic carbocycles. The van der Waals surface area contributed by atoms with Crippen molar-refractivity contribution in [1.29, 1.82) is 0 Å². The molecule has 0 bridgehead atoms. The van der Waals surface area contributed by atoms with Gasteiger partial charge in [-0.25, -0.2) is 8.78 Å². The normalized spacial score (nSPS) is 15.9. The summed E-state index contributed by atoms with van der Waals surface area (Å²) in [5.74, 6) is 0.0730. The van der Waals surface area contributed by atoms with E-state index >= 15 is 0 Å². The highest BCUT2D eigenvalue weighted by Crippen LogP contribution is 2.41. The molecule has 3 aromatic rings. The fourth-order valence-corrected chi connectivity index (χ4v) is 5.83. The first-order chi connectivity index (χ1) is 16.6. The lowest BCUT2D eigenvalue weighted by molar-refractivity contribution is 0.403. The Kier molecular flexibility index (Phi) is 7.50. The van der Waals surface area contributed by atoms with Crippen molar-refractivity contribution >= 4 is 51.5 Å².